The fourth-order valence-corrected chi connectivity index (χ4v) is 3.10. The standard InChI is InChI=1S/C24H17ClF3N3O2/c1-2-13-29-17-7-3-15(4-8-17)22(32)16-5-9-18(10-6-16)30-23(33)31-19-11-12-21(25)20(14-19)24(26,27)28/h1,3-12,14,29H,13H2,(H2,30,31,33). The van der Waals surface area contributed by atoms with Crippen LogP contribution in [0, 0.1) is 12.3 Å². The lowest BCUT2D eigenvalue weighted by Crippen LogP contribution is -2.20. The van der Waals surface area contributed by atoms with Crippen molar-refractivity contribution in [3.05, 3.63) is 88.4 Å². The van der Waals surface area contributed by atoms with Gasteiger partial charge < -0.3 is 16.0 Å². The number of carbonyl (C=O) groups excluding carboxylic acids is 2. The minimum atomic E-state index is -4.65. The molecule has 9 heteroatoms. The molecule has 0 saturated carbocycles. The van der Waals surface area contributed by atoms with E-state index >= 15 is 0 Å². The van der Waals surface area contributed by atoms with Crippen molar-refractivity contribution in [3.63, 3.8) is 0 Å². The van der Waals surface area contributed by atoms with Gasteiger partial charge in [0.2, 0.25) is 0 Å². The van der Waals surface area contributed by atoms with Crippen LogP contribution in [0.1, 0.15) is 21.5 Å². The number of carbonyl (C=O) groups is 2. The van der Waals surface area contributed by atoms with Gasteiger partial charge in [-0.25, -0.2) is 4.79 Å². The Kier molecular flexibility index (Phi) is 7.26. The Hall–Kier alpha value is -3.96. The minimum Gasteiger partial charge on any atom is -0.374 e. The summed E-state index contributed by atoms with van der Waals surface area (Å²) in [5, 5.41) is 7.35. The smallest absolute Gasteiger partial charge is 0.374 e. The number of alkyl halides is 3. The molecule has 0 spiro atoms. The Balaban J connectivity index is 1.63. The van der Waals surface area contributed by atoms with E-state index in [1.807, 2.05) is 0 Å². The summed E-state index contributed by atoms with van der Waals surface area (Å²) >= 11 is 5.57. The molecule has 0 saturated heterocycles. The number of hydrogen-bond donors (Lipinski definition) is 3. The van der Waals surface area contributed by atoms with Crippen LogP contribution < -0.4 is 16.0 Å². The van der Waals surface area contributed by atoms with Crippen LogP contribution in [0.25, 0.3) is 0 Å². The number of nitrogens with one attached hydrogen (secondary N) is 3. The van der Waals surface area contributed by atoms with Gasteiger partial charge >= 0.3 is 12.2 Å². The van der Waals surface area contributed by atoms with Gasteiger partial charge in [-0.2, -0.15) is 13.2 Å². The van der Waals surface area contributed by atoms with E-state index in [2.05, 4.69) is 21.9 Å². The van der Waals surface area contributed by atoms with E-state index in [-0.39, 0.29) is 11.5 Å². The first-order valence-corrected chi connectivity index (χ1v) is 9.92. The maximum atomic E-state index is 13.0. The fourth-order valence-electron chi connectivity index (χ4n) is 2.88. The van der Waals surface area contributed by atoms with Crippen LogP contribution >= 0.6 is 11.6 Å². The molecule has 0 radical (unpaired) electrons. The Morgan fingerprint density at radius 1 is 0.848 bits per heavy atom. The molecule has 3 rings (SSSR count). The quantitative estimate of drug-likeness (QED) is 0.293. The molecule has 0 unspecified atom stereocenters. The number of rotatable bonds is 6. The molecule has 0 heterocycles. The van der Waals surface area contributed by atoms with Gasteiger partial charge in [-0.05, 0) is 66.7 Å². The van der Waals surface area contributed by atoms with Crippen LogP contribution in [0.4, 0.5) is 35.0 Å². The number of ketones is 1. The minimum absolute atomic E-state index is 0.0730. The van der Waals surface area contributed by atoms with Crippen LogP contribution in [0.15, 0.2) is 66.7 Å². The molecular formula is C24H17ClF3N3O2. The summed E-state index contributed by atoms with van der Waals surface area (Å²) in [6.07, 6.45) is 0.549. The van der Waals surface area contributed by atoms with E-state index in [1.54, 1.807) is 24.3 Å². The molecule has 5 nitrogen and oxygen atoms in total. The lowest BCUT2D eigenvalue weighted by molar-refractivity contribution is -0.137. The molecule has 0 aliphatic carbocycles. The molecule has 0 aromatic heterocycles. The zero-order valence-electron chi connectivity index (χ0n) is 17.0. The second kappa shape index (κ2) is 10.1. The highest BCUT2D eigenvalue weighted by molar-refractivity contribution is 6.31. The third kappa shape index (κ3) is 6.28. The van der Waals surface area contributed by atoms with Gasteiger partial charge in [0.1, 0.15) is 0 Å². The lowest BCUT2D eigenvalue weighted by Gasteiger charge is -2.12. The zero-order valence-corrected chi connectivity index (χ0v) is 17.7. The number of benzene rings is 3. The second-order valence-corrected chi connectivity index (χ2v) is 7.22. The van der Waals surface area contributed by atoms with Crippen molar-refractivity contribution in [1.82, 2.24) is 0 Å². The number of terminal acetylenes is 1. The third-order valence-electron chi connectivity index (χ3n) is 4.48. The molecule has 2 amide bonds. The summed E-state index contributed by atoms with van der Waals surface area (Å²) < 4.78 is 38.9. The van der Waals surface area contributed by atoms with Gasteiger partial charge in [-0.3, -0.25) is 4.79 Å². The Morgan fingerprint density at radius 3 is 1.91 bits per heavy atom. The van der Waals surface area contributed by atoms with E-state index < -0.39 is 22.8 Å². The van der Waals surface area contributed by atoms with Gasteiger partial charge in [0.05, 0.1) is 17.1 Å². The van der Waals surface area contributed by atoms with Crippen LogP contribution in [0.3, 0.4) is 0 Å². The molecule has 3 N–H and O–H groups in total. The number of anilines is 3. The summed E-state index contributed by atoms with van der Waals surface area (Å²) in [7, 11) is 0. The van der Waals surface area contributed by atoms with E-state index in [1.165, 1.54) is 30.3 Å². The molecule has 0 aliphatic heterocycles. The Morgan fingerprint density at radius 2 is 1.36 bits per heavy atom. The van der Waals surface area contributed by atoms with Gasteiger partial charge in [0.25, 0.3) is 0 Å². The van der Waals surface area contributed by atoms with Crippen LogP contribution in [-0.2, 0) is 6.18 Å². The molecule has 3 aromatic carbocycles. The zero-order chi connectivity index (χ0) is 24.0. The highest BCUT2D eigenvalue weighted by Crippen LogP contribution is 2.36. The van der Waals surface area contributed by atoms with Crippen molar-refractivity contribution in [2.75, 3.05) is 22.5 Å². The Bertz CT molecular complexity index is 1200. The first-order valence-electron chi connectivity index (χ1n) is 9.54. The van der Waals surface area contributed by atoms with Crippen molar-refractivity contribution in [1.29, 1.82) is 0 Å². The lowest BCUT2D eigenvalue weighted by atomic mass is 10.0. The van der Waals surface area contributed by atoms with E-state index in [0.29, 0.717) is 23.4 Å². The van der Waals surface area contributed by atoms with Crippen molar-refractivity contribution in [3.8, 4) is 12.3 Å². The summed E-state index contributed by atoms with van der Waals surface area (Å²) in [6, 6.07) is 15.2. The summed E-state index contributed by atoms with van der Waals surface area (Å²) in [5.74, 6) is 2.25. The predicted molar refractivity (Wildman–Crippen MR) is 123 cm³/mol. The normalized spacial score (nSPS) is 10.8. The summed E-state index contributed by atoms with van der Waals surface area (Å²) in [4.78, 5) is 24.8. The SMILES string of the molecule is C#CCNc1ccc(C(=O)c2ccc(NC(=O)Nc3ccc(Cl)c(C(F)(F)F)c3)cc2)cc1. The maximum Gasteiger partial charge on any atom is 0.417 e. The van der Waals surface area contributed by atoms with Gasteiger partial charge in [-0.15, -0.1) is 6.42 Å². The highest BCUT2D eigenvalue weighted by Gasteiger charge is 2.33. The predicted octanol–water partition coefficient (Wildman–Crippen LogP) is 6.28. The van der Waals surface area contributed by atoms with E-state index in [9.17, 15) is 22.8 Å². The van der Waals surface area contributed by atoms with Crippen molar-refractivity contribution >= 4 is 40.5 Å². The van der Waals surface area contributed by atoms with E-state index in [4.69, 9.17) is 18.0 Å². The van der Waals surface area contributed by atoms with Gasteiger partial charge in [0.15, 0.2) is 5.78 Å². The molecule has 0 bridgehead atoms. The van der Waals surface area contributed by atoms with E-state index in [0.717, 1.165) is 17.8 Å². The van der Waals surface area contributed by atoms with Crippen molar-refractivity contribution < 1.29 is 22.8 Å². The number of hydrogen-bond acceptors (Lipinski definition) is 3. The molecule has 0 atom stereocenters. The average molecular weight is 472 g/mol. The molecule has 168 valence electrons. The van der Waals surface area contributed by atoms with Crippen LogP contribution in [0.5, 0.6) is 0 Å². The van der Waals surface area contributed by atoms with Crippen molar-refractivity contribution in [2.24, 2.45) is 0 Å². The van der Waals surface area contributed by atoms with Crippen LogP contribution in [0.2, 0.25) is 5.02 Å². The van der Waals surface area contributed by atoms with Crippen LogP contribution in [-0.4, -0.2) is 18.4 Å². The van der Waals surface area contributed by atoms with Crippen molar-refractivity contribution in [2.45, 2.75) is 6.18 Å². The average Bonchev–Trinajstić information content (AvgIpc) is 2.78. The summed E-state index contributed by atoms with van der Waals surface area (Å²) in [5.41, 5.74) is 0.891. The first-order chi connectivity index (χ1) is 15.7. The first kappa shape index (κ1) is 23.7. The Labute approximate surface area is 193 Å². The third-order valence-corrected chi connectivity index (χ3v) is 4.81. The monoisotopic (exact) mass is 471 g/mol. The number of halogens is 4. The molecule has 3 aromatic rings. The number of urea groups is 1. The van der Waals surface area contributed by atoms with Gasteiger partial charge in [0, 0.05) is 28.2 Å². The second-order valence-electron chi connectivity index (χ2n) is 6.81. The molecular weight excluding hydrogens is 455 g/mol. The highest BCUT2D eigenvalue weighted by atomic mass is 35.5. The molecule has 0 fully saturated rings. The topological polar surface area (TPSA) is 70.2 Å². The molecule has 0 aliphatic rings. The fraction of sp³-hybridized carbons (Fsp3) is 0.0833. The maximum absolute atomic E-state index is 13.0. The summed E-state index contributed by atoms with van der Waals surface area (Å²) in [6.45, 7) is 0.372. The number of amides is 2. The van der Waals surface area contributed by atoms with Gasteiger partial charge in [-0.1, -0.05) is 17.5 Å². The molecule has 33 heavy (non-hydrogen) atoms. The largest absolute Gasteiger partial charge is 0.417 e.